The van der Waals surface area contributed by atoms with E-state index in [0.717, 1.165) is 25.2 Å². The molecule has 0 atom stereocenters. The Labute approximate surface area is 67.0 Å². The Morgan fingerprint density at radius 3 is 3.09 bits per heavy atom. The van der Waals surface area contributed by atoms with Crippen molar-refractivity contribution in [2.45, 2.75) is 12.8 Å². The fourth-order valence-corrected chi connectivity index (χ4v) is 1.32. The molecule has 1 aromatic rings. The summed E-state index contributed by atoms with van der Waals surface area (Å²) in [6.07, 6.45) is 4.39. The van der Waals surface area contributed by atoms with Crippen molar-refractivity contribution in [3.63, 3.8) is 0 Å². The SMILES string of the molecule is [CH]1CCOc2ccccc2C1. The average Bonchev–Trinajstić information content (AvgIpc) is 2.28. The highest BCUT2D eigenvalue weighted by Crippen LogP contribution is 2.22. The van der Waals surface area contributed by atoms with Crippen LogP contribution >= 0.6 is 0 Å². The number of rotatable bonds is 0. The number of hydrogen-bond donors (Lipinski definition) is 0. The Hall–Kier alpha value is -0.980. The van der Waals surface area contributed by atoms with Gasteiger partial charge in [-0.1, -0.05) is 18.2 Å². The molecule has 0 saturated carbocycles. The van der Waals surface area contributed by atoms with Gasteiger partial charge < -0.3 is 4.74 Å². The fourth-order valence-electron chi connectivity index (χ4n) is 1.32. The van der Waals surface area contributed by atoms with Gasteiger partial charge in [0.15, 0.2) is 0 Å². The van der Waals surface area contributed by atoms with Gasteiger partial charge in [-0.2, -0.15) is 0 Å². The zero-order chi connectivity index (χ0) is 7.52. The van der Waals surface area contributed by atoms with E-state index >= 15 is 0 Å². The van der Waals surface area contributed by atoms with Gasteiger partial charge in [-0.3, -0.25) is 0 Å². The van der Waals surface area contributed by atoms with E-state index in [1.807, 2.05) is 12.1 Å². The molecule has 1 heteroatoms. The number of ether oxygens (including phenoxy) is 1. The standard InChI is InChI=1S/C10H11O/c1-2-7-10-9(5-1)6-3-4-8-11-10/h1-3,5,7H,4,6,8H2. The molecule has 0 spiro atoms. The third-order valence-corrected chi connectivity index (χ3v) is 1.92. The van der Waals surface area contributed by atoms with E-state index in [-0.39, 0.29) is 0 Å². The van der Waals surface area contributed by atoms with E-state index in [9.17, 15) is 0 Å². The molecular formula is C10H11O. The highest BCUT2D eigenvalue weighted by molar-refractivity contribution is 5.34. The van der Waals surface area contributed by atoms with Gasteiger partial charge in [0.2, 0.25) is 0 Å². The molecule has 0 aliphatic carbocycles. The van der Waals surface area contributed by atoms with Crippen LogP contribution < -0.4 is 4.74 Å². The van der Waals surface area contributed by atoms with Crippen molar-refractivity contribution in [3.05, 3.63) is 36.2 Å². The zero-order valence-electron chi connectivity index (χ0n) is 6.42. The second-order valence-corrected chi connectivity index (χ2v) is 2.74. The maximum atomic E-state index is 5.52. The monoisotopic (exact) mass is 147 g/mol. The minimum Gasteiger partial charge on any atom is -0.493 e. The summed E-state index contributed by atoms with van der Waals surface area (Å²) in [5.41, 5.74) is 1.31. The van der Waals surface area contributed by atoms with Gasteiger partial charge in [-0.15, -0.1) is 0 Å². The lowest BCUT2D eigenvalue weighted by Gasteiger charge is -2.04. The van der Waals surface area contributed by atoms with Crippen LogP contribution in [0.15, 0.2) is 24.3 Å². The normalized spacial score (nSPS) is 16.4. The molecule has 0 amide bonds. The highest BCUT2D eigenvalue weighted by Gasteiger charge is 2.06. The van der Waals surface area contributed by atoms with Gasteiger partial charge in [0.1, 0.15) is 5.75 Å². The molecule has 0 fully saturated rings. The van der Waals surface area contributed by atoms with E-state index in [0.29, 0.717) is 0 Å². The predicted octanol–water partition coefficient (Wildman–Crippen LogP) is 2.22. The first-order chi connectivity index (χ1) is 5.47. The second kappa shape index (κ2) is 2.95. The van der Waals surface area contributed by atoms with Gasteiger partial charge in [0, 0.05) is 0 Å². The van der Waals surface area contributed by atoms with Crippen molar-refractivity contribution in [2.75, 3.05) is 6.61 Å². The molecule has 0 aromatic heterocycles. The van der Waals surface area contributed by atoms with Crippen molar-refractivity contribution < 1.29 is 4.74 Å². The summed E-state index contributed by atoms with van der Waals surface area (Å²) in [7, 11) is 0. The lowest BCUT2D eigenvalue weighted by Crippen LogP contribution is -1.93. The van der Waals surface area contributed by atoms with Crippen LogP contribution in [0.1, 0.15) is 12.0 Å². The molecule has 1 heterocycles. The minimum atomic E-state index is 0.830. The van der Waals surface area contributed by atoms with Crippen LogP contribution in [0.25, 0.3) is 0 Å². The Morgan fingerprint density at radius 1 is 1.18 bits per heavy atom. The Bertz CT molecular complexity index is 217. The van der Waals surface area contributed by atoms with Crippen LogP contribution in [0.3, 0.4) is 0 Å². The molecule has 0 saturated heterocycles. The van der Waals surface area contributed by atoms with Gasteiger partial charge in [-0.25, -0.2) is 0 Å². The molecule has 1 aliphatic rings. The maximum Gasteiger partial charge on any atom is 0.122 e. The molecule has 11 heavy (non-hydrogen) atoms. The maximum absolute atomic E-state index is 5.52. The topological polar surface area (TPSA) is 9.23 Å². The number of fused-ring (bicyclic) bond motifs is 1. The van der Waals surface area contributed by atoms with Gasteiger partial charge in [0.05, 0.1) is 6.61 Å². The Kier molecular flexibility index (Phi) is 1.80. The number of hydrogen-bond acceptors (Lipinski definition) is 1. The molecule has 0 unspecified atom stereocenters. The lowest BCUT2D eigenvalue weighted by molar-refractivity contribution is 0.325. The summed E-state index contributed by atoms with van der Waals surface area (Å²) in [4.78, 5) is 0. The van der Waals surface area contributed by atoms with Crippen LogP contribution in [-0.2, 0) is 6.42 Å². The lowest BCUT2D eigenvalue weighted by atomic mass is 10.1. The third kappa shape index (κ3) is 1.37. The van der Waals surface area contributed by atoms with Crippen molar-refractivity contribution >= 4 is 0 Å². The molecule has 1 nitrogen and oxygen atoms in total. The largest absolute Gasteiger partial charge is 0.493 e. The van der Waals surface area contributed by atoms with Crippen LogP contribution in [0, 0.1) is 6.42 Å². The zero-order valence-corrected chi connectivity index (χ0v) is 6.42. The summed E-state index contributed by atoms with van der Waals surface area (Å²) < 4.78 is 5.52. The summed E-state index contributed by atoms with van der Waals surface area (Å²) >= 11 is 0. The average molecular weight is 147 g/mol. The smallest absolute Gasteiger partial charge is 0.122 e. The molecule has 1 aliphatic heterocycles. The van der Waals surface area contributed by atoms with Crippen LogP contribution in [-0.4, -0.2) is 6.61 Å². The molecule has 1 aromatic carbocycles. The molecule has 0 bridgehead atoms. The third-order valence-electron chi connectivity index (χ3n) is 1.92. The second-order valence-electron chi connectivity index (χ2n) is 2.74. The molecule has 2 rings (SSSR count). The van der Waals surface area contributed by atoms with Gasteiger partial charge >= 0.3 is 0 Å². The summed E-state index contributed by atoms with van der Waals surface area (Å²) in [5, 5.41) is 0. The first-order valence-corrected chi connectivity index (χ1v) is 3.99. The van der Waals surface area contributed by atoms with E-state index in [1.54, 1.807) is 0 Å². The van der Waals surface area contributed by atoms with Crippen LogP contribution in [0.5, 0.6) is 5.75 Å². The van der Waals surface area contributed by atoms with Crippen molar-refractivity contribution in [3.8, 4) is 5.75 Å². The molecular weight excluding hydrogens is 136 g/mol. The van der Waals surface area contributed by atoms with E-state index in [2.05, 4.69) is 18.6 Å². The minimum absolute atomic E-state index is 0.830. The van der Waals surface area contributed by atoms with E-state index < -0.39 is 0 Å². The van der Waals surface area contributed by atoms with Crippen molar-refractivity contribution in [2.24, 2.45) is 0 Å². The molecule has 57 valence electrons. The Balaban J connectivity index is 2.33. The first kappa shape index (κ1) is 6.71. The van der Waals surface area contributed by atoms with Gasteiger partial charge in [0.25, 0.3) is 0 Å². The number of para-hydroxylation sites is 1. The van der Waals surface area contributed by atoms with Crippen molar-refractivity contribution in [1.29, 1.82) is 0 Å². The highest BCUT2D eigenvalue weighted by atomic mass is 16.5. The summed E-state index contributed by atoms with van der Waals surface area (Å²) in [6.45, 7) is 0.830. The molecule has 1 radical (unpaired) electrons. The quantitative estimate of drug-likeness (QED) is 0.546. The predicted molar refractivity (Wildman–Crippen MR) is 44.6 cm³/mol. The van der Waals surface area contributed by atoms with Crippen LogP contribution in [0.4, 0.5) is 0 Å². The van der Waals surface area contributed by atoms with Crippen molar-refractivity contribution in [1.82, 2.24) is 0 Å². The van der Waals surface area contributed by atoms with E-state index in [4.69, 9.17) is 4.74 Å². The Morgan fingerprint density at radius 2 is 2.09 bits per heavy atom. The van der Waals surface area contributed by atoms with Crippen LogP contribution in [0.2, 0.25) is 0 Å². The fraction of sp³-hybridized carbons (Fsp3) is 0.300. The summed E-state index contributed by atoms with van der Waals surface area (Å²) in [6, 6.07) is 8.23. The molecule has 0 N–H and O–H groups in total. The first-order valence-electron chi connectivity index (χ1n) is 3.99. The van der Waals surface area contributed by atoms with Gasteiger partial charge in [-0.05, 0) is 30.9 Å². The van der Waals surface area contributed by atoms with E-state index in [1.165, 1.54) is 5.56 Å². The number of benzene rings is 1. The summed E-state index contributed by atoms with van der Waals surface area (Å²) in [5.74, 6) is 1.06.